The van der Waals surface area contributed by atoms with Gasteiger partial charge in [-0.1, -0.05) is 23.2 Å². The van der Waals surface area contributed by atoms with Gasteiger partial charge in [0.15, 0.2) is 0 Å². The summed E-state index contributed by atoms with van der Waals surface area (Å²) in [7, 11) is 0. The molecule has 0 aliphatic carbocycles. The Morgan fingerprint density at radius 1 is 1.25 bits per heavy atom. The molecule has 2 amide bonds. The Labute approximate surface area is 217 Å². The van der Waals surface area contributed by atoms with Crippen molar-refractivity contribution in [2.24, 2.45) is 0 Å². The van der Waals surface area contributed by atoms with Gasteiger partial charge in [0.2, 0.25) is 0 Å². The molecule has 0 spiro atoms. The lowest BCUT2D eigenvalue weighted by Gasteiger charge is -2.37. The highest BCUT2D eigenvalue weighted by Gasteiger charge is 2.41. The lowest BCUT2D eigenvalue weighted by atomic mass is 9.97. The van der Waals surface area contributed by atoms with Crippen LogP contribution in [0, 0.1) is 5.82 Å². The summed E-state index contributed by atoms with van der Waals surface area (Å²) in [4.78, 5) is 34.6. The fourth-order valence-electron chi connectivity index (χ4n) is 4.92. The molecular weight excluding hydrogens is 508 g/mol. The summed E-state index contributed by atoms with van der Waals surface area (Å²) in [5, 5.41) is 15.4. The van der Waals surface area contributed by atoms with Gasteiger partial charge in [0.25, 0.3) is 11.8 Å². The van der Waals surface area contributed by atoms with E-state index in [1.807, 2.05) is 6.92 Å². The zero-order valence-corrected chi connectivity index (χ0v) is 21.2. The molecule has 5 rings (SSSR count). The molecule has 1 aromatic carbocycles. The summed E-state index contributed by atoms with van der Waals surface area (Å²) < 4.78 is 15.4. The molecule has 2 aliphatic rings. The highest BCUT2D eigenvalue weighted by atomic mass is 35.5. The fourth-order valence-corrected chi connectivity index (χ4v) is 5.22. The van der Waals surface area contributed by atoms with Crippen molar-refractivity contribution in [1.29, 1.82) is 0 Å². The van der Waals surface area contributed by atoms with Crippen LogP contribution in [-0.2, 0) is 13.0 Å². The number of carbonyl (C=O) groups excluding carboxylic acids is 2. The molecule has 8 nitrogen and oxygen atoms in total. The van der Waals surface area contributed by atoms with Crippen molar-refractivity contribution in [3.05, 3.63) is 80.6 Å². The maximum atomic E-state index is 13.8. The third-order valence-corrected chi connectivity index (χ3v) is 7.67. The van der Waals surface area contributed by atoms with Gasteiger partial charge in [0.05, 0.1) is 46.7 Å². The Hall–Kier alpha value is -3.01. The monoisotopic (exact) mass is 531 g/mol. The molecule has 188 valence electrons. The van der Waals surface area contributed by atoms with Gasteiger partial charge < -0.3 is 14.9 Å². The van der Waals surface area contributed by atoms with Gasteiger partial charge in [0, 0.05) is 36.3 Å². The number of aliphatic hydroxyl groups is 1. The van der Waals surface area contributed by atoms with Crippen LogP contribution in [0.5, 0.6) is 0 Å². The number of hydrogen-bond acceptors (Lipinski definition) is 5. The third-order valence-electron chi connectivity index (χ3n) is 6.93. The van der Waals surface area contributed by atoms with Crippen LogP contribution in [0.25, 0.3) is 0 Å². The first-order valence-corrected chi connectivity index (χ1v) is 12.3. The van der Waals surface area contributed by atoms with Crippen LogP contribution >= 0.6 is 23.2 Å². The first kappa shape index (κ1) is 24.7. The number of aromatic nitrogens is 3. The number of nitrogens with zero attached hydrogens (tertiary/aromatic N) is 5. The van der Waals surface area contributed by atoms with E-state index in [-0.39, 0.29) is 42.6 Å². The standard InChI is InChI=1S/C25H24Cl2FN5O3/c1-13-7-22-18(11-31(13)24(35)15-3-4-19(26)20(27)8-15)23-25(36)32(10-17(12-34)33(23)30-22)14(2)21-9-16(28)5-6-29-21/h3-6,8-9,13-14,17,34H,7,10-12H2,1-2H3/t13-,14?,17+/m1/s1. The van der Waals surface area contributed by atoms with E-state index in [9.17, 15) is 19.1 Å². The summed E-state index contributed by atoms with van der Waals surface area (Å²) in [6.07, 6.45) is 1.81. The van der Waals surface area contributed by atoms with E-state index in [0.717, 1.165) is 5.69 Å². The molecule has 1 unspecified atom stereocenters. The van der Waals surface area contributed by atoms with Gasteiger partial charge >= 0.3 is 0 Å². The molecule has 0 bridgehead atoms. The van der Waals surface area contributed by atoms with Crippen molar-refractivity contribution in [3.8, 4) is 0 Å². The number of benzene rings is 1. The lowest BCUT2D eigenvalue weighted by Crippen LogP contribution is -2.47. The van der Waals surface area contributed by atoms with E-state index < -0.39 is 17.9 Å². The van der Waals surface area contributed by atoms with Crippen molar-refractivity contribution >= 4 is 35.0 Å². The Kier molecular flexibility index (Phi) is 6.48. The minimum atomic E-state index is -0.530. The van der Waals surface area contributed by atoms with Gasteiger partial charge in [-0.3, -0.25) is 19.3 Å². The van der Waals surface area contributed by atoms with Crippen LogP contribution in [-0.4, -0.2) is 60.7 Å². The minimum Gasteiger partial charge on any atom is -0.394 e. The van der Waals surface area contributed by atoms with Crippen molar-refractivity contribution < 1.29 is 19.1 Å². The van der Waals surface area contributed by atoms with Crippen LogP contribution in [0.3, 0.4) is 0 Å². The van der Waals surface area contributed by atoms with E-state index in [1.54, 1.807) is 33.5 Å². The smallest absolute Gasteiger partial charge is 0.273 e. The Morgan fingerprint density at radius 2 is 2.03 bits per heavy atom. The number of aliphatic hydroxyl groups excluding tert-OH is 1. The normalized spacial score (nSPS) is 20.2. The van der Waals surface area contributed by atoms with E-state index in [0.29, 0.717) is 34.0 Å². The zero-order valence-electron chi connectivity index (χ0n) is 19.7. The molecular formula is C25H24Cl2FN5O3. The number of hydrogen-bond donors (Lipinski definition) is 1. The molecule has 0 saturated carbocycles. The Balaban J connectivity index is 1.51. The topological polar surface area (TPSA) is 91.6 Å². The van der Waals surface area contributed by atoms with E-state index in [4.69, 9.17) is 23.2 Å². The summed E-state index contributed by atoms with van der Waals surface area (Å²) in [5.41, 5.74) is 2.51. The minimum absolute atomic E-state index is 0.175. The van der Waals surface area contributed by atoms with Crippen LogP contribution in [0.2, 0.25) is 10.0 Å². The maximum absolute atomic E-state index is 13.8. The van der Waals surface area contributed by atoms with E-state index in [1.165, 1.54) is 24.4 Å². The number of pyridine rings is 1. The number of halogens is 3. The van der Waals surface area contributed by atoms with Gasteiger partial charge in [-0.25, -0.2) is 4.39 Å². The first-order chi connectivity index (χ1) is 17.2. The molecule has 0 saturated heterocycles. The summed E-state index contributed by atoms with van der Waals surface area (Å²) in [6.45, 7) is 3.84. The second kappa shape index (κ2) is 9.46. The summed E-state index contributed by atoms with van der Waals surface area (Å²) in [5.74, 6) is -0.978. The van der Waals surface area contributed by atoms with Gasteiger partial charge in [-0.2, -0.15) is 5.10 Å². The molecule has 4 heterocycles. The zero-order chi connectivity index (χ0) is 25.7. The Bertz CT molecular complexity index is 1360. The molecule has 0 radical (unpaired) electrons. The van der Waals surface area contributed by atoms with Crippen LogP contribution in [0.4, 0.5) is 4.39 Å². The van der Waals surface area contributed by atoms with Crippen molar-refractivity contribution in [1.82, 2.24) is 24.6 Å². The molecule has 0 fully saturated rings. The molecule has 2 aromatic heterocycles. The predicted molar refractivity (Wildman–Crippen MR) is 131 cm³/mol. The number of carbonyl (C=O) groups is 2. The molecule has 1 N–H and O–H groups in total. The predicted octanol–water partition coefficient (Wildman–Crippen LogP) is 4.06. The summed E-state index contributed by atoms with van der Waals surface area (Å²) in [6, 6.07) is 6.09. The van der Waals surface area contributed by atoms with Gasteiger partial charge in [-0.15, -0.1) is 0 Å². The quantitative estimate of drug-likeness (QED) is 0.548. The number of fused-ring (bicyclic) bond motifs is 3. The average molecular weight is 532 g/mol. The second-order valence-corrected chi connectivity index (χ2v) is 10.0. The molecule has 2 aliphatic heterocycles. The number of rotatable bonds is 4. The van der Waals surface area contributed by atoms with Crippen molar-refractivity contribution in [3.63, 3.8) is 0 Å². The highest BCUT2D eigenvalue weighted by molar-refractivity contribution is 6.42. The van der Waals surface area contributed by atoms with Crippen LogP contribution < -0.4 is 0 Å². The van der Waals surface area contributed by atoms with Crippen LogP contribution in [0.1, 0.15) is 63.7 Å². The average Bonchev–Trinajstić information content (AvgIpc) is 3.23. The lowest BCUT2D eigenvalue weighted by molar-refractivity contribution is 0.0509. The fraction of sp³-hybridized carbons (Fsp3) is 0.360. The van der Waals surface area contributed by atoms with Crippen molar-refractivity contribution in [2.75, 3.05) is 13.2 Å². The van der Waals surface area contributed by atoms with Gasteiger partial charge in [0.1, 0.15) is 11.5 Å². The maximum Gasteiger partial charge on any atom is 0.273 e. The second-order valence-electron chi connectivity index (χ2n) is 9.20. The van der Waals surface area contributed by atoms with Crippen molar-refractivity contribution in [2.45, 2.75) is 44.9 Å². The first-order valence-electron chi connectivity index (χ1n) is 11.6. The molecule has 11 heteroatoms. The molecule has 3 atom stereocenters. The molecule has 36 heavy (non-hydrogen) atoms. The SMILES string of the molecule is CC(c1cc(F)ccn1)N1C[C@@H](CO)n2nc3c(c2C1=O)CN(C(=O)c1ccc(Cl)c(Cl)c1)[C@H](C)C3. The van der Waals surface area contributed by atoms with E-state index >= 15 is 0 Å². The molecule has 3 aromatic rings. The third kappa shape index (κ3) is 4.15. The summed E-state index contributed by atoms with van der Waals surface area (Å²) >= 11 is 12.1. The largest absolute Gasteiger partial charge is 0.394 e. The van der Waals surface area contributed by atoms with Gasteiger partial charge in [-0.05, 0) is 44.2 Å². The number of amides is 2. The highest BCUT2D eigenvalue weighted by Crippen LogP contribution is 2.35. The van der Waals surface area contributed by atoms with E-state index in [2.05, 4.69) is 10.1 Å². The Morgan fingerprint density at radius 3 is 2.72 bits per heavy atom. The van der Waals surface area contributed by atoms with Crippen LogP contribution in [0.15, 0.2) is 36.5 Å².